The molecule has 6 heteroatoms. The summed E-state index contributed by atoms with van der Waals surface area (Å²) in [6.07, 6.45) is 8.11. The van der Waals surface area contributed by atoms with Crippen LogP contribution < -0.4 is 11.2 Å². The van der Waals surface area contributed by atoms with Crippen LogP contribution in [0.2, 0.25) is 0 Å². The predicted octanol–water partition coefficient (Wildman–Crippen LogP) is 3.00. The molecule has 2 aromatic rings. The summed E-state index contributed by atoms with van der Waals surface area (Å²) in [6, 6.07) is 7.52. The second kappa shape index (κ2) is 6.20. The van der Waals surface area contributed by atoms with Crippen LogP contribution in [0.15, 0.2) is 38.8 Å². The fourth-order valence-corrected chi connectivity index (χ4v) is 3.67. The molecule has 1 aliphatic carbocycles. The Morgan fingerprint density at radius 3 is 2.72 bits per heavy atom. The van der Waals surface area contributed by atoms with Crippen molar-refractivity contribution in [1.29, 1.82) is 0 Å². The summed E-state index contributed by atoms with van der Waals surface area (Å²) in [6.45, 7) is 0. The van der Waals surface area contributed by atoms with Gasteiger partial charge in [0.2, 0.25) is 5.88 Å². The van der Waals surface area contributed by atoms with Gasteiger partial charge in [0.1, 0.15) is 5.56 Å². The molecule has 1 aliphatic heterocycles. The Morgan fingerprint density at radius 2 is 1.92 bits per heavy atom. The first kappa shape index (κ1) is 15.6. The number of allylic oxidation sites excluding steroid dienone is 1. The van der Waals surface area contributed by atoms with Gasteiger partial charge in [-0.2, -0.15) is 0 Å². The van der Waals surface area contributed by atoms with E-state index in [2.05, 4.69) is 9.98 Å². The molecule has 2 aliphatic rings. The first-order chi connectivity index (χ1) is 12.1. The lowest BCUT2D eigenvalue weighted by Crippen LogP contribution is -2.34. The number of aromatic hydroxyl groups is 1. The molecule has 25 heavy (non-hydrogen) atoms. The first-order valence-electron chi connectivity index (χ1n) is 8.58. The van der Waals surface area contributed by atoms with Crippen molar-refractivity contribution in [3.8, 4) is 5.88 Å². The molecule has 0 radical (unpaired) electrons. The van der Waals surface area contributed by atoms with Gasteiger partial charge in [0, 0.05) is 23.4 Å². The molecule has 0 atom stereocenters. The summed E-state index contributed by atoms with van der Waals surface area (Å²) in [5.74, 6) is -0.258. The van der Waals surface area contributed by atoms with E-state index in [-0.39, 0.29) is 17.5 Å². The number of benzene rings is 1. The molecule has 0 unspecified atom stereocenters. The molecule has 2 heterocycles. The zero-order valence-electron chi connectivity index (χ0n) is 13.7. The zero-order chi connectivity index (χ0) is 17.4. The minimum Gasteiger partial charge on any atom is -0.494 e. The van der Waals surface area contributed by atoms with Crippen LogP contribution in [-0.2, 0) is 0 Å². The summed E-state index contributed by atoms with van der Waals surface area (Å²) in [4.78, 5) is 31.2. The zero-order valence-corrected chi connectivity index (χ0v) is 13.7. The van der Waals surface area contributed by atoms with Crippen molar-refractivity contribution in [3.63, 3.8) is 0 Å². The van der Waals surface area contributed by atoms with Crippen LogP contribution in [-0.4, -0.2) is 20.9 Å². The van der Waals surface area contributed by atoms with Crippen molar-refractivity contribution in [2.24, 2.45) is 4.99 Å². The number of H-pyrrole nitrogens is 1. The van der Waals surface area contributed by atoms with Crippen LogP contribution >= 0.6 is 0 Å². The number of aromatic amines is 1. The minimum absolute atomic E-state index is 0.0696. The second-order valence-electron chi connectivity index (χ2n) is 6.53. The average Bonchev–Trinajstić information content (AvgIpc) is 3.02. The van der Waals surface area contributed by atoms with Gasteiger partial charge in [-0.05, 0) is 25.0 Å². The maximum Gasteiger partial charge on any atom is 0.331 e. The Bertz CT molecular complexity index is 992. The van der Waals surface area contributed by atoms with Gasteiger partial charge in [-0.3, -0.25) is 19.3 Å². The van der Waals surface area contributed by atoms with Crippen molar-refractivity contribution in [2.45, 2.75) is 38.1 Å². The molecule has 1 aromatic heterocycles. The lowest BCUT2D eigenvalue weighted by atomic mass is 9.95. The Labute approximate surface area is 144 Å². The van der Waals surface area contributed by atoms with Crippen LogP contribution in [0.1, 0.15) is 49.3 Å². The van der Waals surface area contributed by atoms with Crippen molar-refractivity contribution in [1.82, 2.24) is 9.55 Å². The van der Waals surface area contributed by atoms with E-state index in [4.69, 9.17) is 0 Å². The highest BCUT2D eigenvalue weighted by Gasteiger charge is 2.23. The maximum atomic E-state index is 12.3. The third-order valence-electron chi connectivity index (χ3n) is 4.95. The molecule has 128 valence electrons. The van der Waals surface area contributed by atoms with Crippen molar-refractivity contribution in [2.75, 3.05) is 0 Å². The molecular weight excluding hydrogens is 318 g/mol. The number of hydrogen-bond donors (Lipinski definition) is 2. The fourth-order valence-electron chi connectivity index (χ4n) is 3.67. The van der Waals surface area contributed by atoms with Gasteiger partial charge in [0.25, 0.3) is 5.56 Å². The predicted molar refractivity (Wildman–Crippen MR) is 97.6 cm³/mol. The van der Waals surface area contributed by atoms with E-state index in [9.17, 15) is 14.7 Å². The molecular formula is C19H19N3O3. The van der Waals surface area contributed by atoms with E-state index in [1.165, 1.54) is 4.57 Å². The number of hydrogen-bond acceptors (Lipinski definition) is 4. The lowest BCUT2D eigenvalue weighted by Gasteiger charge is -2.24. The SMILES string of the molecule is O=c1[nH]c(=O)n(C2CCCCC2)c(O)c1/C=C1\C=Nc2ccccc21. The van der Waals surface area contributed by atoms with E-state index in [0.717, 1.165) is 48.9 Å². The van der Waals surface area contributed by atoms with Crippen molar-refractivity contribution < 1.29 is 5.11 Å². The molecule has 0 amide bonds. The van der Waals surface area contributed by atoms with E-state index >= 15 is 0 Å². The third kappa shape index (κ3) is 2.73. The van der Waals surface area contributed by atoms with Gasteiger partial charge in [-0.15, -0.1) is 0 Å². The summed E-state index contributed by atoms with van der Waals surface area (Å²) in [5.41, 5.74) is 1.44. The number of aliphatic imine (C=N–C) groups is 1. The van der Waals surface area contributed by atoms with E-state index < -0.39 is 11.2 Å². The van der Waals surface area contributed by atoms with Crippen LogP contribution in [0.25, 0.3) is 11.6 Å². The van der Waals surface area contributed by atoms with Crippen molar-refractivity contribution in [3.05, 3.63) is 56.2 Å². The summed E-state index contributed by atoms with van der Waals surface area (Å²) < 4.78 is 1.34. The standard InChI is InChI=1S/C19H19N3O3/c23-17-15(10-12-11-20-16-9-5-4-8-14(12)16)18(24)22(19(25)21-17)13-6-2-1-3-7-13/h4-5,8-11,13,24H,1-3,6-7H2,(H,21,23,25)/b12-10+. The van der Waals surface area contributed by atoms with E-state index in [1.54, 1.807) is 12.3 Å². The second-order valence-corrected chi connectivity index (χ2v) is 6.53. The third-order valence-corrected chi connectivity index (χ3v) is 4.95. The van der Waals surface area contributed by atoms with Crippen LogP contribution in [0.4, 0.5) is 5.69 Å². The lowest BCUT2D eigenvalue weighted by molar-refractivity contribution is 0.298. The smallest absolute Gasteiger partial charge is 0.331 e. The van der Waals surface area contributed by atoms with Gasteiger partial charge >= 0.3 is 5.69 Å². The number of aromatic nitrogens is 2. The van der Waals surface area contributed by atoms with Crippen LogP contribution in [0.5, 0.6) is 5.88 Å². The maximum absolute atomic E-state index is 12.3. The summed E-state index contributed by atoms with van der Waals surface area (Å²) >= 11 is 0. The quantitative estimate of drug-likeness (QED) is 0.883. The number of nitrogens with one attached hydrogen (secondary N) is 1. The highest BCUT2D eigenvalue weighted by molar-refractivity contribution is 6.21. The first-order valence-corrected chi connectivity index (χ1v) is 8.58. The highest BCUT2D eigenvalue weighted by Crippen LogP contribution is 2.34. The monoisotopic (exact) mass is 337 g/mol. The Hall–Kier alpha value is -2.89. The number of para-hydroxylation sites is 1. The number of rotatable bonds is 2. The number of nitrogens with zero attached hydrogens (tertiary/aromatic N) is 2. The van der Waals surface area contributed by atoms with Gasteiger partial charge < -0.3 is 5.11 Å². The van der Waals surface area contributed by atoms with Gasteiger partial charge in [-0.25, -0.2) is 4.79 Å². The van der Waals surface area contributed by atoms with Crippen LogP contribution in [0, 0.1) is 0 Å². The average molecular weight is 337 g/mol. The Balaban J connectivity index is 1.84. The molecule has 0 saturated heterocycles. The largest absolute Gasteiger partial charge is 0.494 e. The Morgan fingerprint density at radius 1 is 1.16 bits per heavy atom. The molecule has 0 bridgehead atoms. The molecule has 6 nitrogen and oxygen atoms in total. The molecule has 1 fully saturated rings. The van der Waals surface area contributed by atoms with E-state index in [0.29, 0.717) is 0 Å². The van der Waals surface area contributed by atoms with Crippen LogP contribution in [0.3, 0.4) is 0 Å². The van der Waals surface area contributed by atoms with Crippen molar-refractivity contribution >= 4 is 23.6 Å². The highest BCUT2D eigenvalue weighted by atomic mass is 16.3. The molecule has 2 N–H and O–H groups in total. The van der Waals surface area contributed by atoms with E-state index in [1.807, 2.05) is 24.3 Å². The molecule has 4 rings (SSSR count). The molecule has 1 aromatic carbocycles. The summed E-state index contributed by atoms with van der Waals surface area (Å²) in [5, 5.41) is 10.7. The fraction of sp³-hybridized carbons (Fsp3) is 0.316. The van der Waals surface area contributed by atoms with Gasteiger partial charge in [0.05, 0.1) is 5.69 Å². The van der Waals surface area contributed by atoms with Gasteiger partial charge in [-0.1, -0.05) is 37.5 Å². The normalized spacial score (nSPS) is 18.6. The topological polar surface area (TPSA) is 87.5 Å². The summed E-state index contributed by atoms with van der Waals surface area (Å²) in [7, 11) is 0. The molecule has 1 saturated carbocycles. The minimum atomic E-state index is -0.583. The molecule has 0 spiro atoms. The van der Waals surface area contributed by atoms with Gasteiger partial charge in [0.15, 0.2) is 0 Å². The number of fused-ring (bicyclic) bond motifs is 1. The Kier molecular flexibility index (Phi) is 3.87.